The molecule has 3 N–H and O–H groups in total. The molecule has 4 aromatic heterocycles. The molecule has 2 aromatic carbocycles. The first-order valence-corrected chi connectivity index (χ1v) is 22.4. The molecule has 14 nitrogen and oxygen atoms in total. The Morgan fingerprint density at radius 2 is 1.54 bits per heavy atom. The Balaban J connectivity index is 0.648. The predicted molar refractivity (Wildman–Crippen MR) is 250 cm³/mol. The van der Waals surface area contributed by atoms with E-state index in [1.807, 2.05) is 31.5 Å². The van der Waals surface area contributed by atoms with Gasteiger partial charge in [-0.2, -0.15) is 0 Å². The topological polar surface area (TPSA) is 150 Å². The lowest BCUT2D eigenvalue weighted by Crippen LogP contribution is -2.51. The number of halogens is 3. The molecule has 6 aromatic rings. The van der Waals surface area contributed by atoms with Crippen molar-refractivity contribution in [2.45, 2.75) is 39.7 Å². The van der Waals surface area contributed by atoms with Crippen LogP contribution in [-0.2, 0) is 48.5 Å². The number of carbonyl (C=O) groups excluding carboxylic acids is 2. The molecule has 0 atom stereocenters. The minimum atomic E-state index is -4.16. The number of fused-ring (bicyclic) bond motifs is 3. The Morgan fingerprint density at radius 1 is 0.821 bits per heavy atom. The van der Waals surface area contributed by atoms with Crippen molar-refractivity contribution in [1.82, 2.24) is 34.6 Å². The Kier molecular flexibility index (Phi) is 15.0. The van der Waals surface area contributed by atoms with Gasteiger partial charge in [0.25, 0.3) is 0 Å². The van der Waals surface area contributed by atoms with Crippen LogP contribution in [0.25, 0.3) is 39.5 Å². The lowest BCUT2D eigenvalue weighted by atomic mass is 9.90. The Hall–Kier alpha value is -6.60. The third kappa shape index (κ3) is 10.8. The largest absolute Gasteiger partial charge is 0.737 e. The molecule has 2 aliphatic rings. The molecule has 0 spiro atoms. The number of pyridine rings is 1. The molecular formula is C49H54BF3N8O6. The Morgan fingerprint density at radius 3 is 2.27 bits per heavy atom. The summed E-state index contributed by atoms with van der Waals surface area (Å²) >= 11 is 0. The van der Waals surface area contributed by atoms with Gasteiger partial charge < -0.3 is 56.7 Å². The van der Waals surface area contributed by atoms with Gasteiger partial charge in [-0.05, 0) is 85.1 Å². The molecule has 0 saturated heterocycles. The van der Waals surface area contributed by atoms with Gasteiger partial charge in [-0.25, -0.2) is 9.37 Å². The summed E-state index contributed by atoms with van der Waals surface area (Å²) in [6.07, 6.45) is 10.7. The molecule has 0 unspecified atom stereocenters. The normalized spacial score (nSPS) is 13.9. The first-order chi connectivity index (χ1) is 32.5. The number of allylic oxidation sites excluding steroid dienone is 2. The fourth-order valence-corrected chi connectivity index (χ4v) is 8.71. The SMILES string of the molecule is Cc1cc(CNC(=O)CCOCCOCCOCCOCCNC(=O)CCc2ccc3n2[B-](F)(F)[N+]2=C(c4ccc[nH]4)C=CC2=C3)cc(C)c1-c1ncn(C)c1-c1ccnc2cc(F)ccc12. The van der Waals surface area contributed by atoms with Gasteiger partial charge in [0.2, 0.25) is 11.8 Å². The minimum Gasteiger partial charge on any atom is -0.394 e. The fraction of sp³-hybridized carbons (Fsp3) is 0.327. The molecule has 350 valence electrons. The molecule has 18 heteroatoms. The maximum Gasteiger partial charge on any atom is 0.737 e. The van der Waals surface area contributed by atoms with Gasteiger partial charge in [0.1, 0.15) is 11.5 Å². The molecule has 0 radical (unpaired) electrons. The summed E-state index contributed by atoms with van der Waals surface area (Å²) < 4.78 is 72.2. The number of imidazole rings is 1. The molecule has 2 aliphatic heterocycles. The smallest absolute Gasteiger partial charge is 0.394 e. The molecule has 2 amide bonds. The molecule has 8 rings (SSSR count). The zero-order valence-corrected chi connectivity index (χ0v) is 37.8. The first-order valence-electron chi connectivity index (χ1n) is 22.4. The Labute approximate surface area is 386 Å². The predicted octanol–water partition coefficient (Wildman–Crippen LogP) is 6.66. The van der Waals surface area contributed by atoms with Crippen molar-refractivity contribution in [3.63, 3.8) is 0 Å². The molecular weight excluding hydrogens is 864 g/mol. The number of amides is 2. The molecule has 0 aliphatic carbocycles. The standard InChI is InChI=1S/C49H54BF3N8O6/c1-33-27-35(28-34(2)47(33)48-49(59(3)32-58-48)41-14-17-55-43-29-36(51)6-11-40(41)43)31-57-46(63)15-19-64-21-23-66-25-26-67-24-22-65-20-18-56-45(62)13-10-37-7-8-38-30-39-9-12-44(42-5-4-16-54-42)61(39)50(52,53)60(37)38/h4-9,11-12,14,16-17,27-30,32,54H,10,13,15,18-26,31H2,1-3H3,(H,56,62)(H,57,63). The monoisotopic (exact) mass is 918 g/mol. The van der Waals surface area contributed by atoms with Crippen LogP contribution in [0, 0.1) is 19.7 Å². The third-order valence-electron chi connectivity index (χ3n) is 11.8. The van der Waals surface area contributed by atoms with E-state index in [2.05, 4.69) is 32.7 Å². The number of H-pyrrole nitrogens is 1. The maximum atomic E-state index is 16.0. The molecule has 67 heavy (non-hydrogen) atoms. The highest BCUT2D eigenvalue weighted by Gasteiger charge is 2.52. The van der Waals surface area contributed by atoms with E-state index >= 15 is 8.63 Å². The number of ether oxygens (including phenoxy) is 4. The van der Waals surface area contributed by atoms with Gasteiger partial charge in [0, 0.05) is 91.9 Å². The van der Waals surface area contributed by atoms with E-state index < -0.39 is 6.97 Å². The van der Waals surface area contributed by atoms with E-state index in [0.29, 0.717) is 80.2 Å². The second-order valence-electron chi connectivity index (χ2n) is 16.5. The van der Waals surface area contributed by atoms with Crippen molar-refractivity contribution in [3.05, 3.63) is 137 Å². The van der Waals surface area contributed by atoms with Crippen LogP contribution in [0.1, 0.15) is 46.6 Å². The number of nitrogens with zero attached hydrogens (tertiary/aromatic N) is 5. The van der Waals surface area contributed by atoms with Gasteiger partial charge in [-0.1, -0.05) is 12.1 Å². The van der Waals surface area contributed by atoms with E-state index in [-0.39, 0.29) is 56.7 Å². The highest BCUT2D eigenvalue weighted by molar-refractivity contribution is 6.58. The van der Waals surface area contributed by atoms with Crippen LogP contribution in [-0.4, -0.2) is 112 Å². The lowest BCUT2D eigenvalue weighted by molar-refractivity contribution is -0.360. The van der Waals surface area contributed by atoms with Crippen LogP contribution < -0.4 is 10.6 Å². The molecule has 0 bridgehead atoms. The van der Waals surface area contributed by atoms with Gasteiger partial charge >= 0.3 is 6.97 Å². The summed E-state index contributed by atoms with van der Waals surface area (Å²) in [5.74, 6) is -0.703. The van der Waals surface area contributed by atoms with E-state index in [4.69, 9.17) is 23.9 Å². The van der Waals surface area contributed by atoms with E-state index in [0.717, 1.165) is 53.6 Å². The lowest BCUT2D eigenvalue weighted by Gasteiger charge is -2.30. The van der Waals surface area contributed by atoms with Crippen LogP contribution in [0.2, 0.25) is 0 Å². The second kappa shape index (κ2) is 21.4. The van der Waals surface area contributed by atoms with Crippen molar-refractivity contribution in [3.8, 4) is 22.5 Å². The number of rotatable bonds is 23. The van der Waals surface area contributed by atoms with E-state index in [1.165, 1.54) is 12.1 Å². The number of carbonyl (C=O) groups is 2. The van der Waals surface area contributed by atoms with Gasteiger partial charge in [0.05, 0.1) is 76.1 Å². The summed E-state index contributed by atoms with van der Waals surface area (Å²) in [6, 6.07) is 17.5. The van der Waals surface area contributed by atoms with Crippen LogP contribution in [0.15, 0.2) is 97.2 Å². The van der Waals surface area contributed by atoms with E-state index in [1.54, 1.807) is 67.3 Å². The van der Waals surface area contributed by atoms with E-state index in [9.17, 15) is 14.0 Å². The van der Waals surface area contributed by atoms with Crippen LogP contribution in [0.4, 0.5) is 13.0 Å². The summed E-state index contributed by atoms with van der Waals surface area (Å²) in [5, 5.41) is 6.61. The minimum absolute atomic E-state index is 0.0628. The van der Waals surface area contributed by atoms with Gasteiger partial charge in [-0.3, -0.25) is 14.6 Å². The second-order valence-corrected chi connectivity index (χ2v) is 16.5. The van der Waals surface area contributed by atoms with Crippen molar-refractivity contribution in [1.29, 1.82) is 0 Å². The Bertz CT molecular complexity index is 2810. The average Bonchev–Trinajstić information content (AvgIpc) is 4.14. The summed E-state index contributed by atoms with van der Waals surface area (Å²) in [4.78, 5) is 37.3. The van der Waals surface area contributed by atoms with Crippen molar-refractivity contribution >= 4 is 41.5 Å². The zero-order valence-electron chi connectivity index (χ0n) is 37.8. The summed E-state index contributed by atoms with van der Waals surface area (Å²) in [7, 11) is 1.94. The van der Waals surface area contributed by atoms with Crippen molar-refractivity contribution < 1.29 is 46.0 Å². The molecule has 0 fully saturated rings. The van der Waals surface area contributed by atoms with Gasteiger partial charge in [0.15, 0.2) is 11.4 Å². The fourth-order valence-electron chi connectivity index (χ4n) is 8.71. The number of hydrogen-bond donors (Lipinski definition) is 3. The number of aromatic nitrogens is 5. The number of benzene rings is 2. The number of hydrogen-bond acceptors (Lipinski definition) is 8. The number of aromatic amines is 1. The molecule has 6 heterocycles. The van der Waals surface area contributed by atoms with Crippen LogP contribution in [0.5, 0.6) is 0 Å². The van der Waals surface area contributed by atoms with Crippen LogP contribution in [0.3, 0.4) is 0 Å². The highest BCUT2D eigenvalue weighted by atomic mass is 19.2. The number of nitrogens with one attached hydrogen (secondary N) is 3. The first kappa shape index (κ1) is 46.9. The summed E-state index contributed by atoms with van der Waals surface area (Å²) in [5.41, 5.74) is 9.48. The van der Waals surface area contributed by atoms with Crippen molar-refractivity contribution in [2.24, 2.45) is 7.05 Å². The summed E-state index contributed by atoms with van der Waals surface area (Å²) in [6.45, 7) is 3.24. The zero-order chi connectivity index (χ0) is 46.9. The maximum absolute atomic E-state index is 16.0. The third-order valence-corrected chi connectivity index (χ3v) is 11.8. The number of aryl methyl sites for hydroxylation is 4. The highest BCUT2D eigenvalue weighted by Crippen LogP contribution is 2.38. The average molecular weight is 919 g/mol. The van der Waals surface area contributed by atoms with Crippen molar-refractivity contribution in [2.75, 3.05) is 59.4 Å². The van der Waals surface area contributed by atoms with Crippen LogP contribution >= 0.6 is 0 Å². The molecule has 0 saturated carbocycles. The quantitative estimate of drug-likeness (QED) is 0.0478. The van der Waals surface area contributed by atoms with Gasteiger partial charge in [-0.15, -0.1) is 0 Å².